The predicted octanol–water partition coefficient (Wildman–Crippen LogP) is 1.35. The smallest absolute Gasteiger partial charge is 0.232 e. The van der Waals surface area contributed by atoms with Gasteiger partial charge in [0.2, 0.25) is 10.0 Å². The van der Waals surface area contributed by atoms with Gasteiger partial charge in [-0.25, -0.2) is 8.42 Å². The van der Waals surface area contributed by atoms with Crippen LogP contribution in [0.4, 0.5) is 5.69 Å². The minimum absolute atomic E-state index is 0.186. The summed E-state index contributed by atoms with van der Waals surface area (Å²) < 4.78 is 24.3. The number of anilines is 1. The fourth-order valence-electron chi connectivity index (χ4n) is 1.37. The van der Waals surface area contributed by atoms with E-state index in [4.69, 9.17) is 0 Å². The highest BCUT2D eigenvalue weighted by Gasteiger charge is 2.16. The topological polar surface area (TPSA) is 54.5 Å². The molecule has 0 heterocycles. The van der Waals surface area contributed by atoms with Gasteiger partial charge in [-0.1, -0.05) is 17.7 Å². The van der Waals surface area contributed by atoms with Gasteiger partial charge in [-0.05, 0) is 19.1 Å². The van der Waals surface area contributed by atoms with Gasteiger partial charge in [0.25, 0.3) is 0 Å². The molecule has 0 spiro atoms. The highest BCUT2D eigenvalue weighted by atomic mass is 32.2. The Morgan fingerprint density at radius 2 is 1.81 bits per heavy atom. The Bertz CT molecular complexity index is 451. The number of aldehydes is 1. The summed E-state index contributed by atoms with van der Waals surface area (Å²) in [4.78, 5) is 10.3. The number of carbonyl (C=O) groups excluding carboxylic acids is 1. The van der Waals surface area contributed by atoms with Crippen molar-refractivity contribution in [1.82, 2.24) is 0 Å². The van der Waals surface area contributed by atoms with Crippen molar-refractivity contribution in [2.24, 2.45) is 0 Å². The summed E-state index contributed by atoms with van der Waals surface area (Å²) in [5.74, 6) is 0. The molecule has 0 N–H and O–H groups in total. The molecule has 16 heavy (non-hydrogen) atoms. The van der Waals surface area contributed by atoms with E-state index in [2.05, 4.69) is 0 Å². The number of rotatable bonds is 5. The van der Waals surface area contributed by atoms with Crippen LogP contribution in [0.5, 0.6) is 0 Å². The van der Waals surface area contributed by atoms with Gasteiger partial charge in [-0.15, -0.1) is 0 Å². The summed E-state index contributed by atoms with van der Waals surface area (Å²) in [6, 6.07) is 7.16. The van der Waals surface area contributed by atoms with Crippen LogP contribution in [0.3, 0.4) is 0 Å². The zero-order valence-corrected chi connectivity index (χ0v) is 10.2. The fourth-order valence-corrected chi connectivity index (χ4v) is 2.31. The Labute approximate surface area is 95.9 Å². The third-order valence-corrected chi connectivity index (χ3v) is 3.37. The van der Waals surface area contributed by atoms with Crippen LogP contribution in [-0.4, -0.2) is 27.5 Å². The number of hydrogen-bond acceptors (Lipinski definition) is 3. The standard InChI is InChI=1S/C11H15NO3S/c1-10-4-6-11(7-5-10)12(8-3-9-13)16(2,14)15/h4-7,9H,3,8H2,1-2H3. The maximum absolute atomic E-state index is 11.5. The minimum atomic E-state index is -3.33. The van der Waals surface area contributed by atoms with Crippen LogP contribution in [0.2, 0.25) is 0 Å². The first-order valence-corrected chi connectivity index (χ1v) is 6.78. The normalized spacial score (nSPS) is 11.1. The quantitative estimate of drug-likeness (QED) is 0.731. The van der Waals surface area contributed by atoms with Gasteiger partial charge in [0.1, 0.15) is 6.29 Å². The molecule has 1 aromatic rings. The molecule has 0 unspecified atom stereocenters. The number of sulfonamides is 1. The monoisotopic (exact) mass is 241 g/mol. The van der Waals surface area contributed by atoms with Gasteiger partial charge in [0.15, 0.2) is 0 Å². The number of nitrogens with zero attached hydrogens (tertiary/aromatic N) is 1. The van der Waals surface area contributed by atoms with E-state index >= 15 is 0 Å². The molecule has 0 saturated carbocycles. The Hall–Kier alpha value is -1.36. The van der Waals surface area contributed by atoms with Crippen molar-refractivity contribution in [3.63, 3.8) is 0 Å². The molecule has 1 rings (SSSR count). The van der Waals surface area contributed by atoms with Crippen molar-refractivity contribution in [3.05, 3.63) is 29.8 Å². The molecule has 0 aliphatic heterocycles. The van der Waals surface area contributed by atoms with Crippen LogP contribution < -0.4 is 4.31 Å². The number of carbonyl (C=O) groups is 1. The second-order valence-electron chi connectivity index (χ2n) is 3.63. The van der Waals surface area contributed by atoms with E-state index < -0.39 is 10.0 Å². The van der Waals surface area contributed by atoms with Crippen molar-refractivity contribution in [2.45, 2.75) is 13.3 Å². The van der Waals surface area contributed by atoms with Gasteiger partial charge in [-0.2, -0.15) is 0 Å². The molecule has 0 radical (unpaired) electrons. The lowest BCUT2D eigenvalue weighted by molar-refractivity contribution is -0.107. The zero-order valence-electron chi connectivity index (χ0n) is 9.38. The second-order valence-corrected chi connectivity index (χ2v) is 5.53. The summed E-state index contributed by atoms with van der Waals surface area (Å²) >= 11 is 0. The van der Waals surface area contributed by atoms with Crippen molar-refractivity contribution in [3.8, 4) is 0 Å². The van der Waals surface area contributed by atoms with Gasteiger partial charge >= 0.3 is 0 Å². The first kappa shape index (κ1) is 12.7. The molecule has 0 aliphatic carbocycles. The first-order chi connectivity index (χ1) is 7.45. The van der Waals surface area contributed by atoms with E-state index in [1.807, 2.05) is 19.1 Å². The van der Waals surface area contributed by atoms with E-state index in [-0.39, 0.29) is 13.0 Å². The molecular weight excluding hydrogens is 226 g/mol. The SMILES string of the molecule is Cc1ccc(N(CCC=O)S(C)(=O)=O)cc1. The molecule has 0 aromatic heterocycles. The van der Waals surface area contributed by atoms with Crippen LogP contribution in [0.1, 0.15) is 12.0 Å². The van der Waals surface area contributed by atoms with Crippen LogP contribution in [0.15, 0.2) is 24.3 Å². The summed E-state index contributed by atoms with van der Waals surface area (Å²) in [5, 5.41) is 0. The maximum Gasteiger partial charge on any atom is 0.232 e. The third-order valence-electron chi connectivity index (χ3n) is 2.17. The largest absolute Gasteiger partial charge is 0.303 e. The van der Waals surface area contributed by atoms with E-state index in [0.717, 1.165) is 11.8 Å². The van der Waals surface area contributed by atoms with Gasteiger partial charge in [0.05, 0.1) is 11.9 Å². The summed E-state index contributed by atoms with van der Waals surface area (Å²) in [6.07, 6.45) is 2.05. The van der Waals surface area contributed by atoms with Crippen molar-refractivity contribution < 1.29 is 13.2 Å². The molecule has 0 aliphatic rings. The number of hydrogen-bond donors (Lipinski definition) is 0. The minimum Gasteiger partial charge on any atom is -0.303 e. The van der Waals surface area contributed by atoms with E-state index in [1.54, 1.807) is 12.1 Å². The fraction of sp³-hybridized carbons (Fsp3) is 0.364. The Morgan fingerprint density at radius 3 is 2.25 bits per heavy atom. The lowest BCUT2D eigenvalue weighted by atomic mass is 10.2. The average molecular weight is 241 g/mol. The summed E-state index contributed by atoms with van der Waals surface area (Å²) in [7, 11) is -3.33. The lowest BCUT2D eigenvalue weighted by Crippen LogP contribution is -2.31. The first-order valence-electron chi connectivity index (χ1n) is 4.93. The van der Waals surface area contributed by atoms with Gasteiger partial charge in [-0.3, -0.25) is 4.31 Å². The van der Waals surface area contributed by atoms with Gasteiger partial charge < -0.3 is 4.79 Å². The van der Waals surface area contributed by atoms with Crippen LogP contribution >= 0.6 is 0 Å². The molecule has 0 bridgehead atoms. The van der Waals surface area contributed by atoms with Crippen LogP contribution in [0.25, 0.3) is 0 Å². The van der Waals surface area contributed by atoms with Crippen LogP contribution in [-0.2, 0) is 14.8 Å². The Balaban J connectivity index is 3.01. The van der Waals surface area contributed by atoms with Crippen LogP contribution in [0, 0.1) is 6.92 Å². The molecule has 88 valence electrons. The van der Waals surface area contributed by atoms with Crippen molar-refractivity contribution >= 4 is 22.0 Å². The molecule has 0 fully saturated rings. The maximum atomic E-state index is 11.5. The lowest BCUT2D eigenvalue weighted by Gasteiger charge is -2.21. The van der Waals surface area contributed by atoms with E-state index in [1.165, 1.54) is 4.31 Å². The molecule has 0 saturated heterocycles. The summed E-state index contributed by atoms with van der Waals surface area (Å²) in [6.45, 7) is 2.12. The highest BCUT2D eigenvalue weighted by Crippen LogP contribution is 2.18. The van der Waals surface area contributed by atoms with Crippen molar-refractivity contribution in [2.75, 3.05) is 17.1 Å². The predicted molar refractivity (Wildman–Crippen MR) is 64.0 cm³/mol. The molecule has 1 aromatic carbocycles. The molecular formula is C11H15NO3S. The van der Waals surface area contributed by atoms with E-state index in [0.29, 0.717) is 12.0 Å². The second kappa shape index (κ2) is 5.12. The summed E-state index contributed by atoms with van der Waals surface area (Å²) in [5.41, 5.74) is 1.66. The molecule has 0 atom stereocenters. The van der Waals surface area contributed by atoms with E-state index in [9.17, 15) is 13.2 Å². The van der Waals surface area contributed by atoms with Crippen molar-refractivity contribution in [1.29, 1.82) is 0 Å². The number of benzene rings is 1. The molecule has 4 nitrogen and oxygen atoms in total. The van der Waals surface area contributed by atoms with Gasteiger partial charge in [0, 0.05) is 13.0 Å². The Morgan fingerprint density at radius 1 is 1.25 bits per heavy atom. The average Bonchev–Trinajstić information content (AvgIpc) is 2.19. The molecule has 0 amide bonds. The third kappa shape index (κ3) is 3.34. The Kier molecular flexibility index (Phi) is 4.06. The highest BCUT2D eigenvalue weighted by molar-refractivity contribution is 7.92. The molecule has 5 heteroatoms. The number of aryl methyl sites for hydroxylation is 1. The zero-order chi connectivity index (χ0) is 12.2.